The number of hydrogen-bond donors (Lipinski definition) is 2. The van der Waals surface area contributed by atoms with Gasteiger partial charge < -0.3 is 11.1 Å². The Labute approximate surface area is 117 Å². The van der Waals surface area contributed by atoms with Crippen LogP contribution in [0.5, 0.6) is 0 Å². The SMILES string of the molecule is CCC(C)(CC)NC(=O)c1cc(Br)cc(N)c1C. The van der Waals surface area contributed by atoms with Gasteiger partial charge in [-0.1, -0.05) is 29.8 Å². The second-order valence-corrected chi connectivity index (χ2v) is 5.81. The van der Waals surface area contributed by atoms with Crippen molar-refractivity contribution in [3.8, 4) is 0 Å². The number of nitrogen functional groups attached to an aromatic ring is 1. The molecular formula is C14H21BrN2O. The number of nitrogens with one attached hydrogen (secondary N) is 1. The molecule has 0 aliphatic rings. The van der Waals surface area contributed by atoms with Crippen molar-refractivity contribution >= 4 is 27.5 Å². The molecule has 1 rings (SSSR count). The Hall–Kier alpha value is -1.03. The van der Waals surface area contributed by atoms with Crippen molar-refractivity contribution in [1.82, 2.24) is 5.32 Å². The highest BCUT2D eigenvalue weighted by atomic mass is 79.9. The normalized spacial score (nSPS) is 11.4. The molecule has 0 spiro atoms. The summed E-state index contributed by atoms with van der Waals surface area (Å²) in [6.07, 6.45) is 1.80. The zero-order valence-electron chi connectivity index (χ0n) is 11.4. The first kappa shape index (κ1) is 15.0. The third-order valence-corrected chi connectivity index (χ3v) is 4.09. The molecule has 0 radical (unpaired) electrons. The first-order chi connectivity index (χ1) is 8.33. The summed E-state index contributed by atoms with van der Waals surface area (Å²) < 4.78 is 0.824. The van der Waals surface area contributed by atoms with Gasteiger partial charge in [0.15, 0.2) is 0 Å². The maximum Gasteiger partial charge on any atom is 0.252 e. The molecule has 0 fully saturated rings. The fraction of sp³-hybridized carbons (Fsp3) is 0.500. The lowest BCUT2D eigenvalue weighted by atomic mass is 9.94. The molecule has 1 aromatic rings. The van der Waals surface area contributed by atoms with Gasteiger partial charge in [0, 0.05) is 21.3 Å². The van der Waals surface area contributed by atoms with Crippen LogP contribution in [0.2, 0.25) is 0 Å². The lowest BCUT2D eigenvalue weighted by Gasteiger charge is -2.28. The van der Waals surface area contributed by atoms with E-state index in [4.69, 9.17) is 5.73 Å². The number of carbonyl (C=O) groups excluding carboxylic acids is 1. The van der Waals surface area contributed by atoms with E-state index in [2.05, 4.69) is 42.0 Å². The molecular weight excluding hydrogens is 292 g/mol. The first-order valence-electron chi connectivity index (χ1n) is 6.21. The van der Waals surface area contributed by atoms with Gasteiger partial charge in [-0.2, -0.15) is 0 Å². The average molecular weight is 313 g/mol. The summed E-state index contributed by atoms with van der Waals surface area (Å²) in [7, 11) is 0. The molecule has 0 saturated carbocycles. The van der Waals surface area contributed by atoms with Gasteiger partial charge in [0.1, 0.15) is 0 Å². The lowest BCUT2D eigenvalue weighted by molar-refractivity contribution is 0.0900. The second-order valence-electron chi connectivity index (χ2n) is 4.89. The van der Waals surface area contributed by atoms with E-state index in [9.17, 15) is 4.79 Å². The molecule has 3 nitrogen and oxygen atoms in total. The fourth-order valence-corrected chi connectivity index (χ4v) is 2.18. The smallest absolute Gasteiger partial charge is 0.252 e. The molecule has 4 heteroatoms. The molecule has 18 heavy (non-hydrogen) atoms. The van der Waals surface area contributed by atoms with Crippen LogP contribution < -0.4 is 11.1 Å². The van der Waals surface area contributed by atoms with E-state index in [1.165, 1.54) is 0 Å². The monoisotopic (exact) mass is 312 g/mol. The van der Waals surface area contributed by atoms with Crippen LogP contribution in [-0.2, 0) is 0 Å². The lowest BCUT2D eigenvalue weighted by Crippen LogP contribution is -2.45. The van der Waals surface area contributed by atoms with E-state index in [0.717, 1.165) is 22.9 Å². The highest BCUT2D eigenvalue weighted by molar-refractivity contribution is 9.10. The molecule has 0 saturated heterocycles. The first-order valence-corrected chi connectivity index (χ1v) is 7.00. The highest BCUT2D eigenvalue weighted by Crippen LogP contribution is 2.24. The number of carbonyl (C=O) groups is 1. The number of halogens is 1. The Kier molecular flexibility index (Phi) is 4.79. The Balaban J connectivity index is 3.05. The Bertz CT molecular complexity index is 453. The zero-order valence-corrected chi connectivity index (χ0v) is 13.0. The highest BCUT2D eigenvalue weighted by Gasteiger charge is 2.23. The van der Waals surface area contributed by atoms with Crippen LogP contribution in [0.4, 0.5) is 5.69 Å². The van der Waals surface area contributed by atoms with Crippen molar-refractivity contribution < 1.29 is 4.79 Å². The zero-order chi connectivity index (χ0) is 13.9. The van der Waals surface area contributed by atoms with E-state index in [-0.39, 0.29) is 11.4 Å². The summed E-state index contributed by atoms with van der Waals surface area (Å²) in [5.41, 5.74) is 7.80. The van der Waals surface area contributed by atoms with Gasteiger partial charge in [-0.05, 0) is 44.4 Å². The Morgan fingerprint density at radius 1 is 1.39 bits per heavy atom. The minimum atomic E-state index is -0.166. The van der Waals surface area contributed by atoms with Gasteiger partial charge in [0.2, 0.25) is 0 Å². The molecule has 3 N–H and O–H groups in total. The topological polar surface area (TPSA) is 55.1 Å². The largest absolute Gasteiger partial charge is 0.398 e. The molecule has 0 aromatic heterocycles. The van der Waals surface area contributed by atoms with Crippen molar-refractivity contribution in [2.75, 3.05) is 5.73 Å². The number of rotatable bonds is 4. The molecule has 1 amide bonds. The van der Waals surface area contributed by atoms with E-state index in [0.29, 0.717) is 11.3 Å². The molecule has 0 bridgehead atoms. The summed E-state index contributed by atoms with van der Waals surface area (Å²) in [5.74, 6) is -0.0632. The van der Waals surface area contributed by atoms with Gasteiger partial charge in [0.25, 0.3) is 5.91 Å². The molecule has 1 aromatic carbocycles. The van der Waals surface area contributed by atoms with Crippen LogP contribution in [0.1, 0.15) is 49.5 Å². The van der Waals surface area contributed by atoms with Crippen molar-refractivity contribution in [1.29, 1.82) is 0 Å². The van der Waals surface area contributed by atoms with Gasteiger partial charge >= 0.3 is 0 Å². The predicted molar refractivity (Wildman–Crippen MR) is 79.7 cm³/mol. The van der Waals surface area contributed by atoms with Crippen molar-refractivity contribution in [2.24, 2.45) is 0 Å². The third kappa shape index (κ3) is 3.25. The van der Waals surface area contributed by atoms with Gasteiger partial charge in [-0.15, -0.1) is 0 Å². The number of amides is 1. The van der Waals surface area contributed by atoms with Crippen LogP contribution in [0.25, 0.3) is 0 Å². The molecule has 100 valence electrons. The number of benzene rings is 1. The molecule has 0 aliphatic carbocycles. The van der Waals surface area contributed by atoms with Crippen molar-refractivity contribution in [3.63, 3.8) is 0 Å². The van der Waals surface area contributed by atoms with Crippen LogP contribution in [0.3, 0.4) is 0 Å². The predicted octanol–water partition coefficient (Wildman–Crippen LogP) is 3.65. The molecule has 0 heterocycles. The standard InChI is InChI=1S/C14H21BrN2O/c1-5-14(4,6-2)17-13(18)11-7-10(15)8-12(16)9(11)3/h7-8H,5-6,16H2,1-4H3,(H,17,18). The summed E-state index contributed by atoms with van der Waals surface area (Å²) >= 11 is 3.37. The number of anilines is 1. The molecule has 0 unspecified atom stereocenters. The van der Waals surface area contributed by atoms with Gasteiger partial charge in [0.05, 0.1) is 0 Å². The Morgan fingerprint density at radius 2 is 1.94 bits per heavy atom. The molecule has 0 aliphatic heterocycles. The van der Waals surface area contributed by atoms with E-state index < -0.39 is 0 Å². The van der Waals surface area contributed by atoms with Gasteiger partial charge in [-0.25, -0.2) is 0 Å². The quantitative estimate of drug-likeness (QED) is 0.834. The third-order valence-electron chi connectivity index (χ3n) is 3.63. The van der Waals surface area contributed by atoms with E-state index in [1.807, 2.05) is 19.1 Å². The minimum Gasteiger partial charge on any atom is -0.398 e. The maximum atomic E-state index is 12.3. The number of nitrogens with two attached hydrogens (primary N) is 1. The number of hydrogen-bond acceptors (Lipinski definition) is 2. The summed E-state index contributed by atoms with van der Waals surface area (Å²) in [6, 6.07) is 3.62. The Morgan fingerprint density at radius 3 is 2.44 bits per heavy atom. The fourth-order valence-electron chi connectivity index (χ4n) is 1.70. The van der Waals surface area contributed by atoms with Crippen LogP contribution in [0.15, 0.2) is 16.6 Å². The molecule has 0 atom stereocenters. The maximum absolute atomic E-state index is 12.3. The van der Waals surface area contributed by atoms with Crippen molar-refractivity contribution in [2.45, 2.75) is 46.1 Å². The second kappa shape index (κ2) is 5.74. The minimum absolute atomic E-state index is 0.0632. The van der Waals surface area contributed by atoms with E-state index >= 15 is 0 Å². The summed E-state index contributed by atoms with van der Waals surface area (Å²) in [5, 5.41) is 3.09. The van der Waals surface area contributed by atoms with Crippen LogP contribution in [-0.4, -0.2) is 11.4 Å². The van der Waals surface area contributed by atoms with Crippen LogP contribution in [0, 0.1) is 6.92 Å². The van der Waals surface area contributed by atoms with Gasteiger partial charge in [-0.3, -0.25) is 4.79 Å². The van der Waals surface area contributed by atoms with E-state index in [1.54, 1.807) is 0 Å². The van der Waals surface area contributed by atoms with Crippen molar-refractivity contribution in [3.05, 3.63) is 27.7 Å². The van der Waals surface area contributed by atoms with Crippen LogP contribution >= 0.6 is 15.9 Å². The summed E-state index contributed by atoms with van der Waals surface area (Å²) in [6.45, 7) is 8.07. The summed E-state index contributed by atoms with van der Waals surface area (Å²) in [4.78, 5) is 12.3. The average Bonchev–Trinajstić information content (AvgIpc) is 2.33.